The van der Waals surface area contributed by atoms with E-state index < -0.39 is 29.6 Å². The Bertz CT molecular complexity index is 1010. The third kappa shape index (κ3) is 5.16. The fourth-order valence-corrected chi connectivity index (χ4v) is 5.89. The first-order chi connectivity index (χ1) is 15.9. The second-order valence-corrected chi connectivity index (χ2v) is 9.87. The molecule has 33 heavy (non-hydrogen) atoms. The predicted molar refractivity (Wildman–Crippen MR) is 127 cm³/mol. The molecule has 1 atom stereocenters. The summed E-state index contributed by atoms with van der Waals surface area (Å²) in [4.78, 5) is 36.4. The molecular weight excluding hydrogens is 440 g/mol. The van der Waals surface area contributed by atoms with Crippen molar-refractivity contribution >= 4 is 29.7 Å². The highest BCUT2D eigenvalue weighted by molar-refractivity contribution is 7.99. The summed E-state index contributed by atoms with van der Waals surface area (Å²) in [6, 6.07) is 15.3. The number of thioether (sulfide) groups is 1. The van der Waals surface area contributed by atoms with Gasteiger partial charge in [0.2, 0.25) is 5.91 Å². The number of ether oxygens (including phenoxy) is 1. The third-order valence-electron chi connectivity index (χ3n) is 6.41. The predicted octanol–water partition coefficient (Wildman–Crippen LogP) is 3.77. The van der Waals surface area contributed by atoms with Crippen molar-refractivity contribution in [2.24, 2.45) is 0 Å². The summed E-state index contributed by atoms with van der Waals surface area (Å²) in [5.41, 5.74) is 3.85. The molecule has 0 saturated carbocycles. The van der Waals surface area contributed by atoms with Gasteiger partial charge in [-0.2, -0.15) is 11.8 Å². The van der Waals surface area contributed by atoms with Crippen molar-refractivity contribution in [3.05, 3.63) is 59.7 Å². The van der Waals surface area contributed by atoms with E-state index in [1.807, 2.05) is 24.3 Å². The van der Waals surface area contributed by atoms with Crippen LogP contribution in [0.25, 0.3) is 11.1 Å². The molecule has 3 N–H and O–H groups in total. The molecule has 1 saturated heterocycles. The van der Waals surface area contributed by atoms with Gasteiger partial charge in [0.15, 0.2) is 0 Å². The van der Waals surface area contributed by atoms with E-state index in [9.17, 15) is 14.4 Å². The molecule has 2 aromatic rings. The SMILES string of the molecule is C[C@H](NC(=O)CC1(NC(=O)OCC2c3ccccc3-c3ccccc32)CCSCC1)C(=O)O. The maximum Gasteiger partial charge on any atom is 0.407 e. The normalized spacial score (nSPS) is 17.4. The number of carboxylic acids is 1. The molecule has 0 unspecified atom stereocenters. The number of nitrogens with one attached hydrogen (secondary N) is 2. The molecule has 1 aliphatic heterocycles. The maximum absolute atomic E-state index is 12.8. The standard InChI is InChI=1S/C25H28N2O5S/c1-16(23(29)30)26-22(28)14-25(10-12-33-13-11-25)27-24(31)32-15-21-19-8-4-2-6-17(19)18-7-3-5-9-20(18)21/h2-9,16,21H,10-15H2,1H3,(H,26,28)(H,27,31)(H,29,30)/t16-/m0/s1. The Hall–Kier alpha value is -3.00. The van der Waals surface area contributed by atoms with Crippen molar-refractivity contribution in [1.29, 1.82) is 0 Å². The minimum Gasteiger partial charge on any atom is -0.480 e. The van der Waals surface area contributed by atoms with E-state index in [1.54, 1.807) is 11.8 Å². The number of rotatable bonds is 7. The van der Waals surface area contributed by atoms with E-state index in [0.717, 1.165) is 33.8 Å². The Kier molecular flexibility index (Phi) is 6.93. The highest BCUT2D eigenvalue weighted by Crippen LogP contribution is 2.44. The van der Waals surface area contributed by atoms with Crippen LogP contribution in [0.1, 0.15) is 43.2 Å². The maximum atomic E-state index is 12.8. The molecule has 0 bridgehead atoms. The van der Waals surface area contributed by atoms with Crippen LogP contribution in [0.5, 0.6) is 0 Å². The number of carbonyl (C=O) groups excluding carboxylic acids is 2. The smallest absolute Gasteiger partial charge is 0.407 e. The van der Waals surface area contributed by atoms with Gasteiger partial charge in [-0.25, -0.2) is 4.79 Å². The average molecular weight is 469 g/mol. The van der Waals surface area contributed by atoms with Gasteiger partial charge in [-0.05, 0) is 53.5 Å². The summed E-state index contributed by atoms with van der Waals surface area (Å²) in [7, 11) is 0. The van der Waals surface area contributed by atoms with Crippen LogP contribution in [-0.2, 0) is 14.3 Å². The number of amides is 2. The van der Waals surface area contributed by atoms with E-state index in [4.69, 9.17) is 9.84 Å². The highest BCUT2D eigenvalue weighted by Gasteiger charge is 2.38. The molecule has 0 radical (unpaired) electrons. The van der Waals surface area contributed by atoms with Gasteiger partial charge in [-0.3, -0.25) is 9.59 Å². The van der Waals surface area contributed by atoms with E-state index >= 15 is 0 Å². The quantitative estimate of drug-likeness (QED) is 0.571. The molecule has 2 aliphatic rings. The van der Waals surface area contributed by atoms with Crippen LogP contribution in [-0.4, -0.2) is 52.8 Å². The molecule has 1 fully saturated rings. The molecule has 174 valence electrons. The topological polar surface area (TPSA) is 105 Å². The van der Waals surface area contributed by atoms with E-state index in [2.05, 4.69) is 34.9 Å². The Morgan fingerprint density at radius 1 is 1.06 bits per heavy atom. The van der Waals surface area contributed by atoms with Crippen molar-refractivity contribution in [1.82, 2.24) is 10.6 Å². The van der Waals surface area contributed by atoms with E-state index in [-0.39, 0.29) is 18.9 Å². The van der Waals surface area contributed by atoms with Crippen LogP contribution in [0.15, 0.2) is 48.5 Å². The number of carboxylic acid groups (broad SMARTS) is 1. The average Bonchev–Trinajstić information content (AvgIpc) is 3.11. The molecule has 1 aliphatic carbocycles. The second-order valence-electron chi connectivity index (χ2n) is 8.65. The monoisotopic (exact) mass is 468 g/mol. The van der Waals surface area contributed by atoms with Crippen LogP contribution in [0.4, 0.5) is 4.79 Å². The Morgan fingerprint density at radius 3 is 2.21 bits per heavy atom. The Labute approximate surface area is 197 Å². The van der Waals surface area contributed by atoms with Gasteiger partial charge in [0.25, 0.3) is 0 Å². The molecule has 0 aromatic heterocycles. The van der Waals surface area contributed by atoms with Gasteiger partial charge in [0, 0.05) is 12.3 Å². The van der Waals surface area contributed by atoms with Gasteiger partial charge >= 0.3 is 12.1 Å². The van der Waals surface area contributed by atoms with Gasteiger partial charge in [0.1, 0.15) is 12.6 Å². The molecule has 0 spiro atoms. The highest BCUT2D eigenvalue weighted by atomic mass is 32.2. The molecule has 2 aromatic carbocycles. The number of alkyl carbamates (subject to hydrolysis) is 1. The lowest BCUT2D eigenvalue weighted by Gasteiger charge is -2.37. The van der Waals surface area contributed by atoms with Gasteiger partial charge in [0.05, 0.1) is 5.54 Å². The Balaban J connectivity index is 1.42. The molecule has 2 amide bonds. The zero-order valence-electron chi connectivity index (χ0n) is 18.5. The number of aliphatic carboxylic acids is 1. The number of hydrogen-bond acceptors (Lipinski definition) is 5. The summed E-state index contributed by atoms with van der Waals surface area (Å²) in [5, 5.41) is 14.5. The Morgan fingerprint density at radius 2 is 1.64 bits per heavy atom. The largest absolute Gasteiger partial charge is 0.480 e. The molecule has 8 heteroatoms. The zero-order chi connectivity index (χ0) is 23.4. The number of hydrogen-bond donors (Lipinski definition) is 3. The second kappa shape index (κ2) is 9.87. The van der Waals surface area contributed by atoms with Crippen LogP contribution >= 0.6 is 11.8 Å². The van der Waals surface area contributed by atoms with Crippen molar-refractivity contribution < 1.29 is 24.2 Å². The fraction of sp³-hybridized carbons (Fsp3) is 0.400. The first kappa shape index (κ1) is 23.2. The van der Waals surface area contributed by atoms with Crippen LogP contribution in [0.3, 0.4) is 0 Å². The first-order valence-electron chi connectivity index (χ1n) is 11.1. The van der Waals surface area contributed by atoms with Crippen molar-refractivity contribution in [2.75, 3.05) is 18.1 Å². The van der Waals surface area contributed by atoms with Gasteiger partial charge in [-0.1, -0.05) is 48.5 Å². The molecule has 4 rings (SSSR count). The summed E-state index contributed by atoms with van der Waals surface area (Å²) in [5.74, 6) is 0.0918. The van der Waals surface area contributed by atoms with E-state index in [1.165, 1.54) is 6.92 Å². The van der Waals surface area contributed by atoms with Crippen molar-refractivity contribution in [2.45, 2.75) is 43.7 Å². The zero-order valence-corrected chi connectivity index (χ0v) is 19.3. The van der Waals surface area contributed by atoms with Crippen LogP contribution in [0.2, 0.25) is 0 Å². The van der Waals surface area contributed by atoms with Crippen LogP contribution in [0, 0.1) is 0 Å². The summed E-state index contributed by atoms with van der Waals surface area (Å²) in [6.45, 7) is 1.62. The van der Waals surface area contributed by atoms with E-state index in [0.29, 0.717) is 12.8 Å². The third-order valence-corrected chi connectivity index (χ3v) is 7.39. The lowest BCUT2D eigenvalue weighted by Crippen LogP contribution is -2.54. The van der Waals surface area contributed by atoms with Crippen LogP contribution < -0.4 is 10.6 Å². The minimum atomic E-state index is -1.10. The fourth-order valence-electron chi connectivity index (χ4n) is 4.62. The number of carbonyl (C=O) groups is 3. The number of fused-ring (bicyclic) bond motifs is 3. The summed E-state index contributed by atoms with van der Waals surface area (Å²) >= 11 is 1.77. The van der Waals surface area contributed by atoms with Crippen molar-refractivity contribution in [3.63, 3.8) is 0 Å². The lowest BCUT2D eigenvalue weighted by molar-refractivity contribution is -0.141. The van der Waals surface area contributed by atoms with Gasteiger partial charge in [-0.15, -0.1) is 0 Å². The number of benzene rings is 2. The van der Waals surface area contributed by atoms with Gasteiger partial charge < -0.3 is 20.5 Å². The molecular formula is C25H28N2O5S. The lowest BCUT2D eigenvalue weighted by atomic mass is 9.88. The molecule has 1 heterocycles. The first-order valence-corrected chi connectivity index (χ1v) is 12.3. The minimum absolute atomic E-state index is 0.0232. The summed E-state index contributed by atoms with van der Waals surface area (Å²) in [6.07, 6.45) is 0.714. The van der Waals surface area contributed by atoms with Crippen molar-refractivity contribution in [3.8, 4) is 11.1 Å². The molecule has 7 nitrogen and oxygen atoms in total. The summed E-state index contributed by atoms with van der Waals surface area (Å²) < 4.78 is 5.69.